The molecular formula is C16H11ClF3NO4. The lowest BCUT2D eigenvalue weighted by atomic mass is 9.90. The van der Waals surface area contributed by atoms with Crippen molar-refractivity contribution in [1.82, 2.24) is 4.98 Å². The number of benzene rings is 1. The number of carbonyl (C=O) groups is 1. The lowest BCUT2D eigenvalue weighted by Crippen LogP contribution is -2.47. The van der Waals surface area contributed by atoms with Crippen LogP contribution in [0, 0.1) is 5.92 Å². The van der Waals surface area contributed by atoms with E-state index in [0.29, 0.717) is 5.75 Å². The molecule has 1 aromatic carbocycles. The molecule has 1 N–H and O–H groups in total. The molecule has 9 heteroatoms. The third-order valence-corrected chi connectivity index (χ3v) is 3.97. The van der Waals surface area contributed by atoms with Gasteiger partial charge in [0.05, 0.1) is 11.2 Å². The van der Waals surface area contributed by atoms with Gasteiger partial charge in [0.2, 0.25) is 6.10 Å². The van der Waals surface area contributed by atoms with Gasteiger partial charge in [-0.1, -0.05) is 11.6 Å². The number of halogens is 4. The SMILES string of the molecule is O=C(O)C1Cc2cc(Cl)c(Oc3cccnc3)cc2OC1C(F)(F)F. The van der Waals surface area contributed by atoms with E-state index in [1.807, 2.05) is 0 Å². The van der Waals surface area contributed by atoms with Crippen LogP contribution in [0.25, 0.3) is 0 Å². The Bertz CT molecular complexity index is 798. The number of hydrogen-bond donors (Lipinski definition) is 1. The first-order valence-corrected chi connectivity index (χ1v) is 7.50. The highest BCUT2D eigenvalue weighted by Crippen LogP contribution is 2.43. The van der Waals surface area contributed by atoms with E-state index in [9.17, 15) is 18.0 Å². The first-order chi connectivity index (χ1) is 11.8. The van der Waals surface area contributed by atoms with E-state index in [-0.39, 0.29) is 28.5 Å². The van der Waals surface area contributed by atoms with Gasteiger partial charge in [-0.05, 0) is 30.2 Å². The summed E-state index contributed by atoms with van der Waals surface area (Å²) in [6.45, 7) is 0. The number of aliphatic carboxylic acids is 1. The average molecular weight is 374 g/mol. The quantitative estimate of drug-likeness (QED) is 0.877. The third kappa shape index (κ3) is 3.63. The molecule has 0 saturated heterocycles. The second kappa shape index (κ2) is 6.44. The van der Waals surface area contributed by atoms with Crippen LogP contribution in [0.1, 0.15) is 5.56 Å². The fourth-order valence-electron chi connectivity index (χ4n) is 2.53. The summed E-state index contributed by atoms with van der Waals surface area (Å²) in [5.41, 5.74) is 0.274. The van der Waals surface area contributed by atoms with Gasteiger partial charge in [-0.3, -0.25) is 9.78 Å². The molecule has 25 heavy (non-hydrogen) atoms. The van der Waals surface area contributed by atoms with Crippen LogP contribution in [0.5, 0.6) is 17.2 Å². The summed E-state index contributed by atoms with van der Waals surface area (Å²) in [6.07, 6.45) is -4.66. The maximum absolute atomic E-state index is 13.1. The second-order valence-electron chi connectivity index (χ2n) is 5.41. The van der Waals surface area contributed by atoms with E-state index >= 15 is 0 Å². The number of hydrogen-bond acceptors (Lipinski definition) is 4. The zero-order valence-electron chi connectivity index (χ0n) is 12.5. The number of nitrogens with zero attached hydrogens (tertiary/aromatic N) is 1. The number of ether oxygens (including phenoxy) is 2. The van der Waals surface area contributed by atoms with E-state index in [1.54, 1.807) is 12.1 Å². The minimum Gasteiger partial charge on any atom is -0.481 e. The number of carboxylic acid groups (broad SMARTS) is 1. The Morgan fingerprint density at radius 2 is 2.16 bits per heavy atom. The number of aromatic nitrogens is 1. The van der Waals surface area contributed by atoms with E-state index in [1.165, 1.54) is 24.5 Å². The van der Waals surface area contributed by atoms with Crippen molar-refractivity contribution in [2.45, 2.75) is 18.7 Å². The predicted octanol–water partition coefficient (Wildman–Crippen LogP) is 4.09. The Labute approximate surface area is 145 Å². The van der Waals surface area contributed by atoms with Crippen LogP contribution in [0.15, 0.2) is 36.7 Å². The molecule has 2 unspecified atom stereocenters. The summed E-state index contributed by atoms with van der Waals surface area (Å²) in [7, 11) is 0. The monoisotopic (exact) mass is 373 g/mol. The van der Waals surface area contributed by atoms with Crippen molar-refractivity contribution in [3.63, 3.8) is 0 Å². The van der Waals surface area contributed by atoms with E-state index < -0.39 is 24.2 Å². The zero-order valence-corrected chi connectivity index (χ0v) is 13.2. The van der Waals surface area contributed by atoms with Crippen molar-refractivity contribution >= 4 is 17.6 Å². The average Bonchev–Trinajstić information content (AvgIpc) is 2.54. The van der Waals surface area contributed by atoms with Crippen molar-refractivity contribution < 1.29 is 32.5 Å². The van der Waals surface area contributed by atoms with Crippen LogP contribution in [0.3, 0.4) is 0 Å². The lowest BCUT2D eigenvalue weighted by Gasteiger charge is -2.32. The molecule has 2 heterocycles. The molecule has 0 amide bonds. The Hall–Kier alpha value is -2.48. The number of alkyl halides is 3. The number of fused-ring (bicyclic) bond motifs is 1. The van der Waals surface area contributed by atoms with Crippen LogP contribution in [0.4, 0.5) is 13.2 Å². The molecular weight excluding hydrogens is 363 g/mol. The van der Waals surface area contributed by atoms with Crippen LogP contribution in [0.2, 0.25) is 5.02 Å². The molecule has 132 valence electrons. The summed E-state index contributed by atoms with van der Waals surface area (Å²) in [5.74, 6) is -3.00. The minimum absolute atomic E-state index is 0.0862. The molecule has 2 atom stereocenters. The van der Waals surface area contributed by atoms with Gasteiger partial charge < -0.3 is 14.6 Å². The number of pyridine rings is 1. The first kappa shape index (κ1) is 17.3. The highest BCUT2D eigenvalue weighted by molar-refractivity contribution is 6.32. The van der Waals surface area contributed by atoms with Crippen molar-refractivity contribution in [3.8, 4) is 17.2 Å². The highest BCUT2D eigenvalue weighted by Gasteiger charge is 2.52. The molecule has 0 spiro atoms. The largest absolute Gasteiger partial charge is 0.481 e. The Balaban J connectivity index is 1.96. The molecule has 1 aromatic heterocycles. The zero-order chi connectivity index (χ0) is 18.2. The number of carboxylic acids is 1. The van der Waals surface area contributed by atoms with Crippen LogP contribution in [-0.4, -0.2) is 28.3 Å². The molecule has 1 aliphatic rings. The maximum atomic E-state index is 13.1. The van der Waals surface area contributed by atoms with Gasteiger partial charge in [-0.2, -0.15) is 13.2 Å². The molecule has 0 aliphatic carbocycles. The van der Waals surface area contributed by atoms with Crippen molar-refractivity contribution in [3.05, 3.63) is 47.2 Å². The van der Waals surface area contributed by atoms with Gasteiger partial charge in [0.15, 0.2) is 0 Å². The summed E-state index contributed by atoms with van der Waals surface area (Å²) < 4.78 is 49.8. The first-order valence-electron chi connectivity index (χ1n) is 7.12. The van der Waals surface area contributed by atoms with E-state index in [0.717, 1.165) is 0 Å². The fourth-order valence-corrected chi connectivity index (χ4v) is 2.76. The van der Waals surface area contributed by atoms with Crippen molar-refractivity contribution in [2.24, 2.45) is 5.92 Å². The van der Waals surface area contributed by atoms with Gasteiger partial charge in [-0.25, -0.2) is 0 Å². The lowest BCUT2D eigenvalue weighted by molar-refractivity contribution is -0.217. The molecule has 0 bridgehead atoms. The summed E-state index contributed by atoms with van der Waals surface area (Å²) in [5, 5.41) is 9.20. The van der Waals surface area contributed by atoms with Crippen LogP contribution in [-0.2, 0) is 11.2 Å². The van der Waals surface area contributed by atoms with Gasteiger partial charge in [0, 0.05) is 12.3 Å². The van der Waals surface area contributed by atoms with Crippen LogP contribution < -0.4 is 9.47 Å². The van der Waals surface area contributed by atoms with Gasteiger partial charge in [0.25, 0.3) is 0 Å². The standard InChI is InChI=1S/C16H11ClF3NO4/c17-11-5-8-4-10(15(22)23)14(16(18,19)20)25-12(8)6-13(11)24-9-2-1-3-21-7-9/h1-3,5-7,10,14H,4H2,(H,22,23). The minimum atomic E-state index is -4.81. The summed E-state index contributed by atoms with van der Waals surface area (Å²) >= 11 is 6.09. The molecule has 0 saturated carbocycles. The topological polar surface area (TPSA) is 68.7 Å². The Kier molecular flexibility index (Phi) is 4.47. The Morgan fingerprint density at radius 1 is 1.40 bits per heavy atom. The number of rotatable bonds is 3. The fraction of sp³-hybridized carbons (Fsp3) is 0.250. The summed E-state index contributed by atoms with van der Waals surface area (Å²) in [4.78, 5) is 15.0. The second-order valence-corrected chi connectivity index (χ2v) is 5.82. The third-order valence-electron chi connectivity index (χ3n) is 3.68. The molecule has 0 fully saturated rings. The van der Waals surface area contributed by atoms with Crippen LogP contribution >= 0.6 is 11.6 Å². The van der Waals surface area contributed by atoms with Crippen molar-refractivity contribution in [2.75, 3.05) is 0 Å². The maximum Gasteiger partial charge on any atom is 0.426 e. The molecule has 0 radical (unpaired) electrons. The Morgan fingerprint density at radius 3 is 2.76 bits per heavy atom. The van der Waals surface area contributed by atoms with Gasteiger partial charge in [-0.15, -0.1) is 0 Å². The van der Waals surface area contributed by atoms with Gasteiger partial charge in [0.1, 0.15) is 23.2 Å². The normalized spacial score (nSPS) is 19.7. The summed E-state index contributed by atoms with van der Waals surface area (Å²) in [6, 6.07) is 5.80. The molecule has 1 aliphatic heterocycles. The molecule has 2 aromatic rings. The highest BCUT2D eigenvalue weighted by atomic mass is 35.5. The van der Waals surface area contributed by atoms with Crippen molar-refractivity contribution in [1.29, 1.82) is 0 Å². The molecule has 5 nitrogen and oxygen atoms in total. The predicted molar refractivity (Wildman–Crippen MR) is 81.1 cm³/mol. The smallest absolute Gasteiger partial charge is 0.426 e. The van der Waals surface area contributed by atoms with E-state index in [2.05, 4.69) is 4.98 Å². The molecule has 3 rings (SSSR count). The van der Waals surface area contributed by atoms with E-state index in [4.69, 9.17) is 26.2 Å². The van der Waals surface area contributed by atoms with Gasteiger partial charge >= 0.3 is 12.1 Å².